The van der Waals surface area contributed by atoms with E-state index in [0.29, 0.717) is 36.3 Å². The average molecular weight is 337 g/mol. The lowest BCUT2D eigenvalue weighted by molar-refractivity contribution is -0.137. The number of hydrogen-bond donors (Lipinski definition) is 3. The van der Waals surface area contributed by atoms with E-state index in [1.807, 2.05) is 0 Å². The van der Waals surface area contributed by atoms with Crippen LogP contribution in [0, 0.1) is 0 Å². The van der Waals surface area contributed by atoms with Crippen molar-refractivity contribution in [3.63, 3.8) is 0 Å². The topological polar surface area (TPSA) is 86.5 Å². The van der Waals surface area contributed by atoms with Crippen molar-refractivity contribution in [1.82, 2.24) is 20.2 Å². The first-order valence-electron chi connectivity index (χ1n) is 7.27. The summed E-state index contributed by atoms with van der Waals surface area (Å²) in [5, 5.41) is 9.89. The molecule has 0 bridgehead atoms. The van der Waals surface area contributed by atoms with Gasteiger partial charge in [-0.25, -0.2) is 9.89 Å². The number of fused-ring (bicyclic) bond motifs is 1. The quantitative estimate of drug-likeness (QED) is 0.625. The zero-order valence-electron chi connectivity index (χ0n) is 12.4. The first kappa shape index (κ1) is 16.0. The number of nitrogens with one attached hydrogen (secondary N) is 3. The number of nitrogens with zero attached hydrogens (tertiary/aromatic N) is 2. The van der Waals surface area contributed by atoms with Crippen LogP contribution in [0.2, 0.25) is 0 Å². The summed E-state index contributed by atoms with van der Waals surface area (Å²) in [6.07, 6.45) is -1.64. The molecule has 3 rings (SSSR count). The van der Waals surface area contributed by atoms with Gasteiger partial charge in [-0.2, -0.15) is 18.3 Å². The van der Waals surface area contributed by atoms with Gasteiger partial charge in [-0.1, -0.05) is 6.07 Å². The predicted molar refractivity (Wildman–Crippen MR) is 82.8 cm³/mol. The fourth-order valence-corrected chi connectivity index (χ4v) is 2.38. The molecule has 0 aliphatic heterocycles. The number of halogens is 3. The molecule has 0 aliphatic carbocycles. The van der Waals surface area contributed by atoms with E-state index in [0.717, 1.165) is 12.1 Å². The van der Waals surface area contributed by atoms with E-state index in [1.54, 1.807) is 6.07 Å². The Hall–Kier alpha value is -2.84. The van der Waals surface area contributed by atoms with Crippen LogP contribution in [-0.2, 0) is 12.6 Å². The molecule has 6 nitrogen and oxygen atoms in total. The van der Waals surface area contributed by atoms with E-state index in [-0.39, 0.29) is 11.2 Å². The lowest BCUT2D eigenvalue weighted by Crippen LogP contribution is -2.07. The zero-order chi connectivity index (χ0) is 17.2. The molecule has 0 saturated heterocycles. The molecule has 1 aromatic carbocycles. The van der Waals surface area contributed by atoms with Crippen molar-refractivity contribution < 1.29 is 13.2 Å². The number of benzene rings is 1. The molecule has 0 aliphatic rings. The normalized spacial score (nSPS) is 11.8. The molecular weight excluding hydrogens is 323 g/mol. The van der Waals surface area contributed by atoms with Gasteiger partial charge < -0.3 is 5.32 Å². The van der Waals surface area contributed by atoms with Crippen LogP contribution in [0.25, 0.3) is 10.9 Å². The maximum Gasteiger partial charge on any atom is 0.416 e. The summed E-state index contributed by atoms with van der Waals surface area (Å²) >= 11 is 0. The summed E-state index contributed by atoms with van der Waals surface area (Å²) < 4.78 is 38.3. The second-order valence-corrected chi connectivity index (χ2v) is 5.24. The SMILES string of the molecule is O=c1[nH]nc(CCCNc2ccnc3cc(C(F)(F)F)ccc23)[nH]1. The Balaban J connectivity index is 1.69. The molecule has 9 heteroatoms. The molecule has 126 valence electrons. The van der Waals surface area contributed by atoms with Crippen molar-refractivity contribution >= 4 is 16.6 Å². The first-order chi connectivity index (χ1) is 11.4. The Kier molecular flexibility index (Phi) is 4.24. The van der Waals surface area contributed by atoms with Crippen LogP contribution in [0.1, 0.15) is 17.8 Å². The highest BCUT2D eigenvalue weighted by Crippen LogP contribution is 2.32. The molecule has 2 aromatic heterocycles. The number of alkyl halides is 3. The largest absolute Gasteiger partial charge is 0.416 e. The van der Waals surface area contributed by atoms with Crippen LogP contribution in [0.5, 0.6) is 0 Å². The second kappa shape index (κ2) is 6.34. The second-order valence-electron chi connectivity index (χ2n) is 5.24. The maximum absolute atomic E-state index is 12.8. The van der Waals surface area contributed by atoms with E-state index >= 15 is 0 Å². The molecule has 0 radical (unpaired) electrons. The number of hydrogen-bond acceptors (Lipinski definition) is 4. The standard InChI is InChI=1S/C15H14F3N5O/c16-15(17,18)9-3-4-10-11(5-7-20-12(10)8-9)19-6-1-2-13-21-14(24)23-22-13/h3-5,7-8H,1-2,6H2,(H,19,20)(H2,21,22,23,24). The van der Waals surface area contributed by atoms with Gasteiger partial charge in [0.2, 0.25) is 0 Å². The summed E-state index contributed by atoms with van der Waals surface area (Å²) in [5.41, 5.74) is -0.0728. The molecule has 0 atom stereocenters. The van der Waals surface area contributed by atoms with Crippen molar-refractivity contribution in [2.75, 3.05) is 11.9 Å². The van der Waals surface area contributed by atoms with E-state index in [2.05, 4.69) is 25.5 Å². The summed E-state index contributed by atoms with van der Waals surface area (Å²) in [6.45, 7) is 0.578. The third-order valence-electron chi connectivity index (χ3n) is 3.53. The number of anilines is 1. The number of H-pyrrole nitrogens is 2. The molecule has 0 fully saturated rings. The third kappa shape index (κ3) is 3.55. The van der Waals surface area contributed by atoms with E-state index < -0.39 is 11.7 Å². The number of aromatic amines is 2. The number of pyridine rings is 1. The molecular formula is C15H14F3N5O. The Morgan fingerprint density at radius 3 is 2.75 bits per heavy atom. The summed E-state index contributed by atoms with van der Waals surface area (Å²) in [6, 6.07) is 5.21. The van der Waals surface area contributed by atoms with Crippen molar-refractivity contribution in [1.29, 1.82) is 0 Å². The van der Waals surface area contributed by atoms with Gasteiger partial charge in [0, 0.05) is 30.2 Å². The minimum Gasteiger partial charge on any atom is -0.384 e. The highest BCUT2D eigenvalue weighted by molar-refractivity contribution is 5.91. The molecule has 0 unspecified atom stereocenters. The lowest BCUT2D eigenvalue weighted by Gasteiger charge is -2.11. The fourth-order valence-electron chi connectivity index (χ4n) is 2.38. The predicted octanol–water partition coefficient (Wildman–Crippen LogP) is 2.71. The van der Waals surface area contributed by atoms with E-state index in [1.165, 1.54) is 12.3 Å². The van der Waals surface area contributed by atoms with Crippen molar-refractivity contribution in [3.05, 3.63) is 52.3 Å². The average Bonchev–Trinajstić information content (AvgIpc) is 2.95. The fraction of sp³-hybridized carbons (Fsp3) is 0.267. The van der Waals surface area contributed by atoms with Gasteiger partial charge in [-0.3, -0.25) is 9.97 Å². The van der Waals surface area contributed by atoms with Crippen LogP contribution in [0.15, 0.2) is 35.3 Å². The first-order valence-corrected chi connectivity index (χ1v) is 7.27. The minimum absolute atomic E-state index is 0.284. The Labute approximate surface area is 134 Å². The van der Waals surface area contributed by atoms with Gasteiger partial charge in [-0.05, 0) is 24.6 Å². The van der Waals surface area contributed by atoms with E-state index in [9.17, 15) is 18.0 Å². The van der Waals surface area contributed by atoms with Gasteiger partial charge in [0.05, 0.1) is 11.1 Å². The Morgan fingerprint density at radius 1 is 1.21 bits per heavy atom. The molecule has 3 aromatic rings. The van der Waals surface area contributed by atoms with Gasteiger partial charge >= 0.3 is 11.9 Å². The third-order valence-corrected chi connectivity index (χ3v) is 3.53. The molecule has 24 heavy (non-hydrogen) atoms. The maximum atomic E-state index is 12.8. The molecule has 0 amide bonds. The smallest absolute Gasteiger partial charge is 0.384 e. The van der Waals surface area contributed by atoms with Gasteiger partial charge in [0.15, 0.2) is 0 Å². The monoisotopic (exact) mass is 337 g/mol. The van der Waals surface area contributed by atoms with E-state index in [4.69, 9.17) is 0 Å². The van der Waals surface area contributed by atoms with Gasteiger partial charge in [0.1, 0.15) is 5.82 Å². The number of rotatable bonds is 5. The van der Waals surface area contributed by atoms with Crippen LogP contribution >= 0.6 is 0 Å². The van der Waals surface area contributed by atoms with Crippen LogP contribution in [0.3, 0.4) is 0 Å². The Morgan fingerprint density at radius 2 is 2.04 bits per heavy atom. The van der Waals surface area contributed by atoms with Gasteiger partial charge in [-0.15, -0.1) is 0 Å². The number of aromatic nitrogens is 4. The van der Waals surface area contributed by atoms with Crippen molar-refractivity contribution in [2.24, 2.45) is 0 Å². The minimum atomic E-state index is -4.39. The van der Waals surface area contributed by atoms with Crippen LogP contribution < -0.4 is 11.0 Å². The van der Waals surface area contributed by atoms with Crippen LogP contribution in [0.4, 0.5) is 18.9 Å². The molecule has 3 N–H and O–H groups in total. The molecule has 0 saturated carbocycles. The van der Waals surface area contributed by atoms with Gasteiger partial charge in [0.25, 0.3) is 0 Å². The molecule has 0 spiro atoms. The highest BCUT2D eigenvalue weighted by Gasteiger charge is 2.30. The Bertz CT molecular complexity index is 900. The zero-order valence-corrected chi connectivity index (χ0v) is 12.4. The van der Waals surface area contributed by atoms with Crippen molar-refractivity contribution in [3.8, 4) is 0 Å². The summed E-state index contributed by atoms with van der Waals surface area (Å²) in [7, 11) is 0. The number of aryl methyl sites for hydroxylation is 1. The summed E-state index contributed by atoms with van der Waals surface area (Å²) in [4.78, 5) is 17.5. The van der Waals surface area contributed by atoms with Crippen molar-refractivity contribution in [2.45, 2.75) is 19.0 Å². The highest BCUT2D eigenvalue weighted by atomic mass is 19.4. The van der Waals surface area contributed by atoms with Crippen LogP contribution in [-0.4, -0.2) is 26.7 Å². The molecule has 2 heterocycles. The lowest BCUT2D eigenvalue weighted by atomic mass is 10.1. The summed E-state index contributed by atoms with van der Waals surface area (Å²) in [5.74, 6) is 0.566.